The molecule has 0 aromatic heterocycles. The molecule has 1 aliphatic rings. The van der Waals surface area contributed by atoms with Crippen molar-refractivity contribution in [2.45, 2.75) is 25.3 Å². The number of nitrogens with two attached hydrogens (primary N) is 1. The normalized spacial score (nSPS) is 23.4. The van der Waals surface area contributed by atoms with Crippen LogP contribution in [0.4, 0.5) is 0 Å². The fourth-order valence-electron chi connectivity index (χ4n) is 2.24. The fourth-order valence-corrected chi connectivity index (χ4v) is 3.10. The van der Waals surface area contributed by atoms with Gasteiger partial charge in [-0.25, -0.2) is 13.1 Å². The molecule has 0 bridgehead atoms. The average Bonchev–Trinajstić information content (AvgIpc) is 2.72. The molecule has 0 aromatic rings. The lowest BCUT2D eigenvalue weighted by atomic mass is 10.1. The Balaban J connectivity index is 0.00000361. The second kappa shape index (κ2) is 9.74. The van der Waals surface area contributed by atoms with E-state index in [4.69, 9.17) is 10.5 Å². The van der Waals surface area contributed by atoms with Crippen LogP contribution in [0.3, 0.4) is 0 Å². The van der Waals surface area contributed by atoms with Gasteiger partial charge in [-0.15, -0.1) is 24.0 Å². The quantitative estimate of drug-likeness (QED) is 0.230. The van der Waals surface area contributed by atoms with Crippen LogP contribution in [0.25, 0.3) is 0 Å². The molecule has 4 N–H and O–H groups in total. The number of rotatable bonds is 7. The number of halogens is 1. The molecule has 0 saturated heterocycles. The number of sulfonamides is 1. The van der Waals surface area contributed by atoms with Crippen molar-refractivity contribution < 1.29 is 13.2 Å². The number of hydrogen-bond acceptors (Lipinski definition) is 4. The predicted molar refractivity (Wildman–Crippen MR) is 90.9 cm³/mol. The van der Waals surface area contributed by atoms with Crippen LogP contribution in [-0.4, -0.2) is 53.5 Å². The summed E-state index contributed by atoms with van der Waals surface area (Å²) in [4.78, 5) is 4.25. The topological polar surface area (TPSA) is 106 Å². The minimum Gasteiger partial charge on any atom is -0.383 e. The second-order valence-corrected chi connectivity index (χ2v) is 6.61. The summed E-state index contributed by atoms with van der Waals surface area (Å²) in [6, 6.07) is -0.0227. The monoisotopic (exact) mass is 420 g/mol. The lowest BCUT2D eigenvalue weighted by Crippen LogP contribution is -2.39. The Morgan fingerprint density at radius 2 is 2.15 bits per heavy atom. The van der Waals surface area contributed by atoms with E-state index < -0.39 is 10.0 Å². The second-order valence-electron chi connectivity index (χ2n) is 4.83. The van der Waals surface area contributed by atoms with E-state index in [-0.39, 0.29) is 35.9 Å². The molecule has 2 unspecified atom stereocenters. The average molecular weight is 420 g/mol. The largest absolute Gasteiger partial charge is 0.383 e. The van der Waals surface area contributed by atoms with Crippen molar-refractivity contribution in [2.75, 3.05) is 33.1 Å². The highest BCUT2D eigenvalue weighted by Gasteiger charge is 2.29. The lowest BCUT2D eigenvalue weighted by molar-refractivity contribution is 0.204. The van der Waals surface area contributed by atoms with Crippen LogP contribution < -0.4 is 15.8 Å². The van der Waals surface area contributed by atoms with E-state index in [9.17, 15) is 8.42 Å². The van der Waals surface area contributed by atoms with Crippen LogP contribution in [-0.2, 0) is 14.8 Å². The van der Waals surface area contributed by atoms with E-state index in [1.807, 2.05) is 0 Å². The van der Waals surface area contributed by atoms with Gasteiger partial charge in [0.2, 0.25) is 10.0 Å². The van der Waals surface area contributed by atoms with Gasteiger partial charge in [0.15, 0.2) is 5.96 Å². The van der Waals surface area contributed by atoms with Gasteiger partial charge in [0.1, 0.15) is 0 Å². The maximum Gasteiger partial charge on any atom is 0.208 e. The molecule has 0 heterocycles. The van der Waals surface area contributed by atoms with Crippen molar-refractivity contribution in [1.29, 1.82) is 0 Å². The highest BCUT2D eigenvalue weighted by molar-refractivity contribution is 14.0. The number of nitrogens with zero attached hydrogens (tertiary/aromatic N) is 1. The van der Waals surface area contributed by atoms with Gasteiger partial charge in [-0.2, -0.15) is 0 Å². The number of guanidine groups is 1. The van der Waals surface area contributed by atoms with Crippen molar-refractivity contribution >= 4 is 40.0 Å². The molecular weight excluding hydrogens is 395 g/mol. The summed E-state index contributed by atoms with van der Waals surface area (Å²) in [7, 11) is -1.54. The number of aliphatic imine (C=N–C) groups is 1. The van der Waals surface area contributed by atoms with Crippen LogP contribution in [0.5, 0.6) is 0 Å². The molecule has 0 spiro atoms. The van der Waals surface area contributed by atoms with Gasteiger partial charge in [0.05, 0.1) is 12.9 Å². The summed E-state index contributed by atoms with van der Waals surface area (Å²) in [6.07, 6.45) is 4.04. The maximum absolute atomic E-state index is 11.2. The Morgan fingerprint density at radius 3 is 2.75 bits per heavy atom. The molecule has 0 aliphatic heterocycles. The van der Waals surface area contributed by atoms with Crippen molar-refractivity contribution in [2.24, 2.45) is 16.6 Å². The van der Waals surface area contributed by atoms with E-state index >= 15 is 0 Å². The molecule has 1 fully saturated rings. The first-order valence-electron chi connectivity index (χ1n) is 6.42. The Hall–Kier alpha value is -0.130. The summed E-state index contributed by atoms with van der Waals surface area (Å²) in [6.45, 7) is 1.72. The first kappa shape index (κ1) is 19.9. The lowest BCUT2D eigenvalue weighted by Gasteiger charge is -2.18. The third kappa shape index (κ3) is 8.22. The Kier molecular flexibility index (Phi) is 9.68. The minimum atomic E-state index is -3.16. The summed E-state index contributed by atoms with van der Waals surface area (Å²) in [5.41, 5.74) is 5.71. The molecule has 0 radical (unpaired) electrons. The van der Waals surface area contributed by atoms with Gasteiger partial charge >= 0.3 is 0 Å². The fraction of sp³-hybridized carbons (Fsp3) is 0.909. The van der Waals surface area contributed by atoms with Crippen LogP contribution in [0.1, 0.15) is 19.3 Å². The Labute approximate surface area is 138 Å². The van der Waals surface area contributed by atoms with E-state index in [1.54, 1.807) is 7.11 Å². The van der Waals surface area contributed by atoms with Gasteiger partial charge in [0.25, 0.3) is 0 Å². The third-order valence-electron chi connectivity index (χ3n) is 3.13. The SMILES string of the molecule is COCCNC(N)=NCC1CCCC1NS(C)(=O)=O.I. The van der Waals surface area contributed by atoms with Crippen molar-refractivity contribution in [1.82, 2.24) is 10.0 Å². The minimum absolute atomic E-state index is 0. The molecule has 2 atom stereocenters. The van der Waals surface area contributed by atoms with E-state index in [1.165, 1.54) is 6.26 Å². The van der Waals surface area contributed by atoms with Gasteiger partial charge in [-0.05, 0) is 18.8 Å². The number of methoxy groups -OCH3 is 1. The van der Waals surface area contributed by atoms with Crippen LogP contribution >= 0.6 is 24.0 Å². The van der Waals surface area contributed by atoms with Crippen LogP contribution in [0, 0.1) is 5.92 Å². The first-order valence-corrected chi connectivity index (χ1v) is 8.31. The maximum atomic E-state index is 11.2. The number of hydrogen-bond donors (Lipinski definition) is 3. The Bertz CT molecular complexity index is 402. The zero-order valence-electron chi connectivity index (χ0n) is 12.0. The highest BCUT2D eigenvalue weighted by Crippen LogP contribution is 2.26. The molecule has 9 heteroatoms. The summed E-state index contributed by atoms with van der Waals surface area (Å²) >= 11 is 0. The third-order valence-corrected chi connectivity index (χ3v) is 3.86. The van der Waals surface area contributed by atoms with E-state index in [0.717, 1.165) is 19.3 Å². The first-order chi connectivity index (χ1) is 8.92. The predicted octanol–water partition coefficient (Wildman–Crippen LogP) is -0.127. The standard InChI is InChI=1S/C11H24N4O3S.HI/c1-18-7-6-13-11(12)14-8-9-4-3-5-10(9)15-19(2,16)17;/h9-10,15H,3-8H2,1-2H3,(H3,12,13,14);1H. The summed E-state index contributed by atoms with van der Waals surface area (Å²) < 4.78 is 30.1. The van der Waals surface area contributed by atoms with E-state index in [2.05, 4.69) is 15.0 Å². The van der Waals surface area contributed by atoms with E-state index in [0.29, 0.717) is 25.7 Å². The zero-order chi connectivity index (χ0) is 14.3. The molecule has 1 rings (SSSR count). The van der Waals surface area contributed by atoms with Crippen molar-refractivity contribution in [3.63, 3.8) is 0 Å². The number of nitrogens with one attached hydrogen (secondary N) is 2. The molecule has 120 valence electrons. The summed E-state index contributed by atoms with van der Waals surface area (Å²) in [5, 5.41) is 2.93. The molecule has 1 aliphatic carbocycles. The number of ether oxygens (including phenoxy) is 1. The molecule has 7 nitrogen and oxygen atoms in total. The highest BCUT2D eigenvalue weighted by atomic mass is 127. The van der Waals surface area contributed by atoms with Crippen LogP contribution in [0.15, 0.2) is 4.99 Å². The van der Waals surface area contributed by atoms with Crippen molar-refractivity contribution in [3.8, 4) is 0 Å². The molecule has 0 amide bonds. The van der Waals surface area contributed by atoms with Gasteiger partial charge in [0, 0.05) is 26.2 Å². The van der Waals surface area contributed by atoms with Gasteiger partial charge < -0.3 is 15.8 Å². The van der Waals surface area contributed by atoms with Crippen LogP contribution in [0.2, 0.25) is 0 Å². The molecule has 1 saturated carbocycles. The summed E-state index contributed by atoms with van der Waals surface area (Å²) in [5.74, 6) is 0.597. The molecule has 0 aromatic carbocycles. The Morgan fingerprint density at radius 1 is 1.45 bits per heavy atom. The zero-order valence-corrected chi connectivity index (χ0v) is 15.1. The van der Waals surface area contributed by atoms with Gasteiger partial charge in [-0.1, -0.05) is 6.42 Å². The van der Waals surface area contributed by atoms with Gasteiger partial charge in [-0.3, -0.25) is 4.99 Å². The molecular formula is C11H25IN4O3S. The smallest absolute Gasteiger partial charge is 0.208 e. The van der Waals surface area contributed by atoms with Crippen molar-refractivity contribution in [3.05, 3.63) is 0 Å². The molecule has 20 heavy (non-hydrogen) atoms.